The van der Waals surface area contributed by atoms with Gasteiger partial charge < -0.3 is 25.7 Å². The molecule has 1 aromatic heterocycles. The molecule has 3 unspecified atom stereocenters. The van der Waals surface area contributed by atoms with E-state index in [1.807, 2.05) is 6.07 Å². The zero-order chi connectivity index (χ0) is 23.3. The van der Waals surface area contributed by atoms with Gasteiger partial charge in [0.2, 0.25) is 11.8 Å². The van der Waals surface area contributed by atoms with Gasteiger partial charge in [-0.05, 0) is 31.0 Å². The zero-order valence-electron chi connectivity index (χ0n) is 17.3. The number of nitrogens with one attached hydrogen (secondary N) is 4. The van der Waals surface area contributed by atoms with Crippen LogP contribution in [0.1, 0.15) is 29.8 Å². The lowest BCUT2D eigenvalue weighted by atomic mass is 9.99. The number of carbonyl (C=O) groups is 3. The summed E-state index contributed by atoms with van der Waals surface area (Å²) in [4.78, 5) is 39.5. The van der Waals surface area contributed by atoms with E-state index in [-0.39, 0.29) is 30.4 Å². The standard InChI is InChI=1S/C21H23Cl2N5O4/c1-32-17-4-2-3-14-13(17)8-15(27-14)21(31)28-16(9-18(22)23)20(30)26-12(10-24)7-11-5-6-25-19(11)29/h2-4,8,11-12,16,18,27H,5-7,9H2,1H3,(H,25,29)(H,26,30)(H,28,31). The third-order valence-electron chi connectivity index (χ3n) is 5.28. The first-order chi connectivity index (χ1) is 15.3. The third kappa shape index (κ3) is 5.64. The molecule has 4 N–H and O–H groups in total. The van der Waals surface area contributed by atoms with E-state index >= 15 is 0 Å². The van der Waals surface area contributed by atoms with Crippen molar-refractivity contribution in [3.05, 3.63) is 30.0 Å². The van der Waals surface area contributed by atoms with Crippen molar-refractivity contribution >= 4 is 51.8 Å². The van der Waals surface area contributed by atoms with Crippen LogP contribution in [0.2, 0.25) is 0 Å². The topological polar surface area (TPSA) is 136 Å². The smallest absolute Gasteiger partial charge is 0.268 e. The molecule has 1 aromatic carbocycles. The van der Waals surface area contributed by atoms with Crippen LogP contribution in [0.4, 0.5) is 0 Å². The van der Waals surface area contributed by atoms with Gasteiger partial charge in [0.15, 0.2) is 0 Å². The van der Waals surface area contributed by atoms with Crippen LogP contribution in [-0.2, 0) is 9.59 Å². The molecule has 3 amide bonds. The highest BCUT2D eigenvalue weighted by Crippen LogP contribution is 2.26. The number of hydrogen-bond donors (Lipinski definition) is 4. The Morgan fingerprint density at radius 1 is 1.34 bits per heavy atom. The second-order valence-electron chi connectivity index (χ2n) is 7.46. The number of aromatic nitrogens is 1. The summed E-state index contributed by atoms with van der Waals surface area (Å²) in [5.74, 6) is -1.03. The molecule has 3 atom stereocenters. The molecule has 0 saturated carbocycles. The maximum absolute atomic E-state index is 12.8. The minimum absolute atomic E-state index is 0.0632. The highest BCUT2D eigenvalue weighted by Gasteiger charge is 2.30. The van der Waals surface area contributed by atoms with E-state index in [0.717, 1.165) is 0 Å². The van der Waals surface area contributed by atoms with E-state index in [0.29, 0.717) is 29.6 Å². The maximum Gasteiger partial charge on any atom is 0.268 e. The normalized spacial score (nSPS) is 17.5. The first kappa shape index (κ1) is 23.7. The Kier molecular flexibility index (Phi) is 7.83. The van der Waals surface area contributed by atoms with Crippen LogP contribution in [0.5, 0.6) is 5.75 Å². The predicted octanol–water partition coefficient (Wildman–Crippen LogP) is 2.00. The molecule has 0 spiro atoms. The van der Waals surface area contributed by atoms with Crippen LogP contribution in [-0.4, -0.2) is 53.3 Å². The van der Waals surface area contributed by atoms with Crippen LogP contribution in [0.3, 0.4) is 0 Å². The van der Waals surface area contributed by atoms with E-state index in [9.17, 15) is 19.6 Å². The number of rotatable bonds is 9. The monoisotopic (exact) mass is 479 g/mol. The number of hydrogen-bond acceptors (Lipinski definition) is 5. The van der Waals surface area contributed by atoms with Crippen molar-refractivity contribution in [3.63, 3.8) is 0 Å². The number of nitriles is 1. The largest absolute Gasteiger partial charge is 0.496 e. The van der Waals surface area contributed by atoms with Gasteiger partial charge in [-0.15, -0.1) is 23.2 Å². The number of nitrogens with zero attached hydrogens (tertiary/aromatic N) is 1. The Morgan fingerprint density at radius 2 is 2.12 bits per heavy atom. The molecule has 0 aliphatic carbocycles. The molecule has 0 bridgehead atoms. The fraction of sp³-hybridized carbons (Fsp3) is 0.429. The summed E-state index contributed by atoms with van der Waals surface area (Å²) >= 11 is 11.7. The lowest BCUT2D eigenvalue weighted by molar-refractivity contribution is -0.125. The van der Waals surface area contributed by atoms with Crippen molar-refractivity contribution in [2.24, 2.45) is 5.92 Å². The van der Waals surface area contributed by atoms with Gasteiger partial charge >= 0.3 is 0 Å². The number of ether oxygens (including phenoxy) is 1. The van der Waals surface area contributed by atoms with Gasteiger partial charge in [0, 0.05) is 29.8 Å². The lowest BCUT2D eigenvalue weighted by Crippen LogP contribution is -2.50. The third-order valence-corrected chi connectivity index (χ3v) is 5.64. The van der Waals surface area contributed by atoms with Crippen molar-refractivity contribution < 1.29 is 19.1 Å². The second kappa shape index (κ2) is 10.6. The number of benzene rings is 1. The van der Waals surface area contributed by atoms with Crippen molar-refractivity contribution in [1.82, 2.24) is 20.9 Å². The van der Waals surface area contributed by atoms with Crippen LogP contribution in [0.25, 0.3) is 10.9 Å². The maximum atomic E-state index is 12.8. The molecular formula is C21H23Cl2N5O4. The molecule has 2 aromatic rings. The summed E-state index contributed by atoms with van der Waals surface area (Å²) in [7, 11) is 1.53. The van der Waals surface area contributed by atoms with Crippen molar-refractivity contribution in [3.8, 4) is 11.8 Å². The number of aromatic amines is 1. The summed E-state index contributed by atoms with van der Waals surface area (Å²) in [5, 5.41) is 18.0. The molecule has 1 aliphatic heterocycles. The number of carbonyl (C=O) groups excluding carboxylic acids is 3. The van der Waals surface area contributed by atoms with Gasteiger partial charge in [-0.2, -0.15) is 5.26 Å². The van der Waals surface area contributed by atoms with Crippen LogP contribution in [0, 0.1) is 17.2 Å². The molecule has 0 radical (unpaired) electrons. The molecule has 11 heteroatoms. The first-order valence-electron chi connectivity index (χ1n) is 10.0. The quantitative estimate of drug-likeness (QED) is 0.407. The van der Waals surface area contributed by atoms with Crippen molar-refractivity contribution in [2.75, 3.05) is 13.7 Å². The minimum atomic E-state index is -1.08. The van der Waals surface area contributed by atoms with Gasteiger partial charge in [-0.1, -0.05) is 6.07 Å². The molecule has 9 nitrogen and oxygen atoms in total. The summed E-state index contributed by atoms with van der Waals surface area (Å²) in [6, 6.07) is 6.99. The van der Waals surface area contributed by atoms with Crippen molar-refractivity contribution in [2.45, 2.75) is 36.2 Å². The number of methoxy groups -OCH3 is 1. The number of alkyl halides is 2. The summed E-state index contributed by atoms with van der Waals surface area (Å²) in [5.41, 5.74) is 0.921. The van der Waals surface area contributed by atoms with Crippen molar-refractivity contribution in [1.29, 1.82) is 5.26 Å². The van der Waals surface area contributed by atoms with Gasteiger partial charge in [0.05, 0.1) is 13.2 Å². The van der Waals surface area contributed by atoms with Crippen LogP contribution >= 0.6 is 23.2 Å². The van der Waals surface area contributed by atoms with Gasteiger partial charge in [0.1, 0.15) is 28.4 Å². The molecule has 1 fully saturated rings. The fourth-order valence-corrected chi connectivity index (χ4v) is 4.00. The Morgan fingerprint density at radius 3 is 2.75 bits per heavy atom. The Bertz CT molecular complexity index is 1050. The highest BCUT2D eigenvalue weighted by molar-refractivity contribution is 6.44. The van der Waals surface area contributed by atoms with Gasteiger partial charge in [-0.3, -0.25) is 14.4 Å². The summed E-state index contributed by atoms with van der Waals surface area (Å²) < 4.78 is 5.30. The Labute approximate surface area is 194 Å². The average molecular weight is 480 g/mol. The van der Waals surface area contributed by atoms with E-state index in [2.05, 4.69) is 20.9 Å². The molecule has 1 aliphatic rings. The van der Waals surface area contributed by atoms with E-state index in [1.165, 1.54) is 7.11 Å². The minimum Gasteiger partial charge on any atom is -0.496 e. The number of halogens is 2. The van der Waals surface area contributed by atoms with Gasteiger partial charge in [0.25, 0.3) is 5.91 Å². The Balaban J connectivity index is 1.71. The number of amides is 3. The molecular weight excluding hydrogens is 457 g/mol. The lowest BCUT2D eigenvalue weighted by Gasteiger charge is -2.21. The van der Waals surface area contributed by atoms with E-state index < -0.39 is 28.7 Å². The SMILES string of the molecule is COc1cccc2[nH]c(C(=O)NC(CC(Cl)Cl)C(=O)NC(C#N)CC3CCNC3=O)cc12. The molecule has 32 heavy (non-hydrogen) atoms. The summed E-state index contributed by atoms with van der Waals surface area (Å²) in [6.45, 7) is 0.545. The molecule has 2 heterocycles. The zero-order valence-corrected chi connectivity index (χ0v) is 18.8. The predicted molar refractivity (Wildman–Crippen MR) is 119 cm³/mol. The van der Waals surface area contributed by atoms with E-state index in [1.54, 1.807) is 24.3 Å². The fourth-order valence-electron chi connectivity index (χ4n) is 3.64. The van der Waals surface area contributed by atoms with E-state index in [4.69, 9.17) is 27.9 Å². The highest BCUT2D eigenvalue weighted by atomic mass is 35.5. The average Bonchev–Trinajstić information content (AvgIpc) is 3.38. The molecule has 3 rings (SSSR count). The number of fused-ring (bicyclic) bond motifs is 1. The number of H-pyrrole nitrogens is 1. The molecule has 1 saturated heterocycles. The van der Waals surface area contributed by atoms with Crippen LogP contribution < -0.4 is 20.7 Å². The van der Waals surface area contributed by atoms with Gasteiger partial charge in [-0.25, -0.2) is 0 Å². The first-order valence-corrected chi connectivity index (χ1v) is 10.9. The summed E-state index contributed by atoms with van der Waals surface area (Å²) in [6.07, 6.45) is 0.719. The Hall–Kier alpha value is -2.96. The van der Waals surface area contributed by atoms with Crippen LogP contribution in [0.15, 0.2) is 24.3 Å². The molecule has 170 valence electrons. The second-order valence-corrected chi connectivity index (χ2v) is 8.74.